The second kappa shape index (κ2) is 8.09. The Balaban J connectivity index is 1.53. The van der Waals surface area contributed by atoms with Crippen LogP contribution in [0.1, 0.15) is 38.2 Å². The van der Waals surface area contributed by atoms with E-state index in [0.717, 1.165) is 51.0 Å². The van der Waals surface area contributed by atoms with E-state index in [9.17, 15) is 9.90 Å². The number of methoxy groups -OCH3 is 1. The molecule has 0 radical (unpaired) electrons. The third-order valence-electron chi connectivity index (χ3n) is 5.60. The fraction of sp³-hybridized carbons (Fsp3) is 0.650. The number of hydrogen-bond acceptors (Lipinski definition) is 4. The van der Waals surface area contributed by atoms with Crippen molar-refractivity contribution in [3.63, 3.8) is 0 Å². The number of piperidine rings is 2. The van der Waals surface area contributed by atoms with Crippen molar-refractivity contribution in [3.8, 4) is 11.5 Å². The summed E-state index contributed by atoms with van der Waals surface area (Å²) in [7, 11) is 1.57. The molecule has 0 aromatic heterocycles. The summed E-state index contributed by atoms with van der Waals surface area (Å²) < 4.78 is 5.18. The van der Waals surface area contributed by atoms with Crippen LogP contribution in [0.3, 0.4) is 0 Å². The van der Waals surface area contributed by atoms with Gasteiger partial charge in [-0.25, -0.2) is 0 Å². The lowest BCUT2D eigenvalue weighted by molar-refractivity contribution is -0.138. The molecule has 0 spiro atoms. The largest absolute Gasteiger partial charge is 0.504 e. The predicted octanol–water partition coefficient (Wildman–Crippen LogP) is 2.87. The molecule has 0 saturated carbocycles. The molecule has 1 aromatic rings. The molecular formula is C20H30N2O3. The van der Waals surface area contributed by atoms with Crippen LogP contribution in [0.2, 0.25) is 0 Å². The van der Waals surface area contributed by atoms with Crippen LogP contribution < -0.4 is 4.74 Å². The van der Waals surface area contributed by atoms with Crippen LogP contribution in [0.25, 0.3) is 0 Å². The number of rotatable bonds is 4. The van der Waals surface area contributed by atoms with Gasteiger partial charge in [-0.3, -0.25) is 9.69 Å². The first-order valence-corrected chi connectivity index (χ1v) is 9.44. The maximum Gasteiger partial charge on any atom is 0.225 e. The molecule has 3 rings (SSSR count). The first-order chi connectivity index (χ1) is 12.1. The third kappa shape index (κ3) is 4.27. The molecule has 0 unspecified atom stereocenters. The van der Waals surface area contributed by atoms with Gasteiger partial charge >= 0.3 is 0 Å². The highest BCUT2D eigenvalue weighted by molar-refractivity contribution is 5.79. The Labute approximate surface area is 150 Å². The Morgan fingerprint density at radius 3 is 2.68 bits per heavy atom. The van der Waals surface area contributed by atoms with E-state index in [1.165, 1.54) is 6.42 Å². The van der Waals surface area contributed by atoms with Crippen LogP contribution >= 0.6 is 0 Å². The number of benzene rings is 1. The van der Waals surface area contributed by atoms with Gasteiger partial charge in [0, 0.05) is 31.1 Å². The number of carbonyl (C=O) groups is 1. The molecule has 2 heterocycles. The summed E-state index contributed by atoms with van der Waals surface area (Å²) in [5.74, 6) is 1.90. The number of likely N-dealkylation sites (tertiary alicyclic amines) is 2. The van der Waals surface area contributed by atoms with Crippen LogP contribution in [0.4, 0.5) is 0 Å². The van der Waals surface area contributed by atoms with Crippen molar-refractivity contribution >= 4 is 5.91 Å². The highest BCUT2D eigenvalue weighted by atomic mass is 16.5. The summed E-state index contributed by atoms with van der Waals surface area (Å²) in [6, 6.07) is 5.61. The minimum Gasteiger partial charge on any atom is -0.504 e. The summed E-state index contributed by atoms with van der Waals surface area (Å²) >= 11 is 0. The van der Waals surface area contributed by atoms with E-state index in [4.69, 9.17) is 4.74 Å². The number of aromatic hydroxyl groups is 1. The zero-order valence-electron chi connectivity index (χ0n) is 15.4. The molecule has 1 N–H and O–H groups in total. The maximum atomic E-state index is 12.8. The molecule has 138 valence electrons. The van der Waals surface area contributed by atoms with Gasteiger partial charge < -0.3 is 14.7 Å². The molecule has 5 heteroatoms. The van der Waals surface area contributed by atoms with Crippen molar-refractivity contribution in [2.75, 3.05) is 33.3 Å². The molecule has 0 aliphatic carbocycles. The fourth-order valence-corrected chi connectivity index (χ4v) is 4.09. The van der Waals surface area contributed by atoms with Gasteiger partial charge in [0.25, 0.3) is 0 Å². The Kier molecular flexibility index (Phi) is 5.84. The Morgan fingerprint density at radius 2 is 2.00 bits per heavy atom. The number of para-hydroxylation sites is 1. The smallest absolute Gasteiger partial charge is 0.225 e. The zero-order chi connectivity index (χ0) is 17.8. The van der Waals surface area contributed by atoms with Crippen LogP contribution in [0, 0.1) is 11.8 Å². The topological polar surface area (TPSA) is 53.0 Å². The van der Waals surface area contributed by atoms with Crippen molar-refractivity contribution < 1.29 is 14.6 Å². The van der Waals surface area contributed by atoms with E-state index in [1.807, 2.05) is 12.1 Å². The first-order valence-electron chi connectivity index (χ1n) is 9.44. The average Bonchev–Trinajstić information content (AvgIpc) is 2.63. The number of carbonyl (C=O) groups excluding carboxylic acids is 1. The zero-order valence-corrected chi connectivity index (χ0v) is 15.4. The second-order valence-corrected chi connectivity index (χ2v) is 7.55. The molecule has 2 aliphatic rings. The van der Waals surface area contributed by atoms with Gasteiger partial charge in [0.2, 0.25) is 5.91 Å². The van der Waals surface area contributed by atoms with Gasteiger partial charge in [0.1, 0.15) is 0 Å². The summed E-state index contributed by atoms with van der Waals surface area (Å²) in [6.45, 7) is 6.60. The SMILES string of the molecule is COc1cccc(CN2CCC(C(=O)N3CCC[C@H](C)C3)CC2)c1O. The molecule has 2 saturated heterocycles. The molecule has 5 nitrogen and oxygen atoms in total. The molecule has 2 fully saturated rings. The number of amides is 1. The van der Waals surface area contributed by atoms with Gasteiger partial charge in [-0.15, -0.1) is 0 Å². The van der Waals surface area contributed by atoms with Gasteiger partial charge in [0.05, 0.1) is 7.11 Å². The lowest BCUT2D eigenvalue weighted by Gasteiger charge is -2.37. The highest BCUT2D eigenvalue weighted by Gasteiger charge is 2.30. The van der Waals surface area contributed by atoms with E-state index in [2.05, 4.69) is 16.7 Å². The minimum absolute atomic E-state index is 0.167. The van der Waals surface area contributed by atoms with E-state index in [-0.39, 0.29) is 11.7 Å². The maximum absolute atomic E-state index is 12.8. The van der Waals surface area contributed by atoms with Crippen molar-refractivity contribution in [1.29, 1.82) is 0 Å². The molecule has 1 atom stereocenters. The molecule has 1 aromatic carbocycles. The number of phenolic OH excluding ortho intramolecular Hbond substituents is 1. The molecule has 25 heavy (non-hydrogen) atoms. The number of nitrogens with zero attached hydrogens (tertiary/aromatic N) is 2. The normalized spacial score (nSPS) is 22.8. The van der Waals surface area contributed by atoms with E-state index in [0.29, 0.717) is 24.1 Å². The van der Waals surface area contributed by atoms with Crippen molar-refractivity contribution in [3.05, 3.63) is 23.8 Å². The van der Waals surface area contributed by atoms with Gasteiger partial charge in [-0.05, 0) is 50.8 Å². The fourth-order valence-electron chi connectivity index (χ4n) is 4.09. The van der Waals surface area contributed by atoms with Crippen LogP contribution in [-0.2, 0) is 11.3 Å². The Morgan fingerprint density at radius 1 is 1.24 bits per heavy atom. The van der Waals surface area contributed by atoms with E-state index >= 15 is 0 Å². The summed E-state index contributed by atoms with van der Waals surface area (Å²) in [5, 5.41) is 10.2. The van der Waals surface area contributed by atoms with Crippen LogP contribution in [0.15, 0.2) is 18.2 Å². The quantitative estimate of drug-likeness (QED) is 0.911. The third-order valence-corrected chi connectivity index (χ3v) is 5.60. The van der Waals surface area contributed by atoms with E-state index < -0.39 is 0 Å². The minimum atomic E-state index is 0.167. The van der Waals surface area contributed by atoms with Crippen LogP contribution in [-0.4, -0.2) is 54.1 Å². The van der Waals surface area contributed by atoms with Gasteiger partial charge in [-0.1, -0.05) is 19.1 Å². The highest BCUT2D eigenvalue weighted by Crippen LogP contribution is 2.31. The van der Waals surface area contributed by atoms with Gasteiger partial charge in [-0.2, -0.15) is 0 Å². The standard InChI is InChI=1S/C20H30N2O3/c1-15-5-4-10-22(13-15)20(24)16-8-11-21(12-9-16)14-17-6-3-7-18(25-2)19(17)23/h3,6-7,15-16,23H,4-5,8-14H2,1-2H3/t15-/m0/s1. The summed E-state index contributed by atoms with van der Waals surface area (Å²) in [5.41, 5.74) is 0.883. The van der Waals surface area contributed by atoms with Crippen molar-refractivity contribution in [2.45, 2.75) is 39.2 Å². The van der Waals surface area contributed by atoms with Crippen molar-refractivity contribution in [2.24, 2.45) is 11.8 Å². The average molecular weight is 346 g/mol. The molecular weight excluding hydrogens is 316 g/mol. The van der Waals surface area contributed by atoms with Gasteiger partial charge in [0.15, 0.2) is 11.5 Å². The molecule has 1 amide bonds. The van der Waals surface area contributed by atoms with E-state index in [1.54, 1.807) is 13.2 Å². The summed E-state index contributed by atoms with van der Waals surface area (Å²) in [4.78, 5) is 17.2. The number of phenols is 1. The summed E-state index contributed by atoms with van der Waals surface area (Å²) in [6.07, 6.45) is 4.20. The molecule has 0 bridgehead atoms. The van der Waals surface area contributed by atoms with Crippen molar-refractivity contribution in [1.82, 2.24) is 9.80 Å². The Hall–Kier alpha value is -1.75. The lowest BCUT2D eigenvalue weighted by atomic mass is 9.92. The Bertz CT molecular complexity index is 597. The number of ether oxygens (including phenoxy) is 1. The predicted molar refractivity (Wildman–Crippen MR) is 97.6 cm³/mol. The molecule has 2 aliphatic heterocycles. The lowest BCUT2D eigenvalue weighted by Crippen LogP contribution is -2.45. The monoisotopic (exact) mass is 346 g/mol. The second-order valence-electron chi connectivity index (χ2n) is 7.55. The number of hydrogen-bond donors (Lipinski definition) is 1. The van der Waals surface area contributed by atoms with Crippen LogP contribution in [0.5, 0.6) is 11.5 Å². The first kappa shape index (κ1) is 18.1.